The van der Waals surface area contributed by atoms with Gasteiger partial charge < -0.3 is 11.1 Å². The lowest BCUT2D eigenvalue weighted by molar-refractivity contribution is 0.345. The minimum Gasteiger partial charge on any atom is -0.397 e. The van der Waals surface area contributed by atoms with Gasteiger partial charge in [-0.1, -0.05) is 32.1 Å². The van der Waals surface area contributed by atoms with Crippen molar-refractivity contribution in [2.75, 3.05) is 17.6 Å². The van der Waals surface area contributed by atoms with E-state index in [4.69, 9.17) is 5.73 Å². The summed E-state index contributed by atoms with van der Waals surface area (Å²) >= 11 is 0. The van der Waals surface area contributed by atoms with Crippen LogP contribution in [0.15, 0.2) is 30.5 Å². The Morgan fingerprint density at radius 1 is 1.15 bits per heavy atom. The van der Waals surface area contributed by atoms with Crippen molar-refractivity contribution in [2.45, 2.75) is 38.5 Å². The van der Waals surface area contributed by atoms with E-state index in [0.29, 0.717) is 0 Å². The number of nitrogens with two attached hydrogens (primary N) is 1. The average molecular weight is 269 g/mol. The maximum Gasteiger partial charge on any atom is 0.0951 e. The maximum absolute atomic E-state index is 5.98. The maximum atomic E-state index is 5.98. The van der Waals surface area contributed by atoms with E-state index in [9.17, 15) is 0 Å². The van der Waals surface area contributed by atoms with Crippen molar-refractivity contribution in [1.29, 1.82) is 0 Å². The molecule has 0 amide bonds. The molecular weight excluding hydrogens is 246 g/mol. The predicted octanol–water partition coefficient (Wildman–Crippen LogP) is 4.20. The number of hydrogen-bond acceptors (Lipinski definition) is 3. The van der Waals surface area contributed by atoms with E-state index >= 15 is 0 Å². The zero-order valence-corrected chi connectivity index (χ0v) is 11.9. The van der Waals surface area contributed by atoms with Gasteiger partial charge in [0.05, 0.1) is 11.2 Å². The summed E-state index contributed by atoms with van der Waals surface area (Å²) in [5.74, 6) is 0.912. The van der Waals surface area contributed by atoms with Gasteiger partial charge in [-0.25, -0.2) is 0 Å². The van der Waals surface area contributed by atoms with E-state index in [0.717, 1.165) is 34.7 Å². The van der Waals surface area contributed by atoms with Gasteiger partial charge in [0.1, 0.15) is 0 Å². The Bertz CT molecular complexity index is 573. The van der Waals surface area contributed by atoms with Gasteiger partial charge in [0.25, 0.3) is 0 Å². The van der Waals surface area contributed by atoms with Gasteiger partial charge in [-0.05, 0) is 36.6 Å². The van der Waals surface area contributed by atoms with E-state index in [-0.39, 0.29) is 0 Å². The van der Waals surface area contributed by atoms with Crippen molar-refractivity contribution in [3.05, 3.63) is 30.5 Å². The Hall–Kier alpha value is -1.77. The molecule has 3 heteroatoms. The molecule has 0 saturated heterocycles. The molecule has 1 aliphatic carbocycles. The van der Waals surface area contributed by atoms with Crippen LogP contribution in [0.3, 0.4) is 0 Å². The minimum absolute atomic E-state index is 0.749. The number of nitrogens with zero attached hydrogens (tertiary/aromatic N) is 1. The lowest BCUT2D eigenvalue weighted by atomic mass is 9.87. The van der Waals surface area contributed by atoms with Gasteiger partial charge in [0.2, 0.25) is 0 Å². The van der Waals surface area contributed by atoms with Gasteiger partial charge in [0.15, 0.2) is 0 Å². The third kappa shape index (κ3) is 2.87. The topological polar surface area (TPSA) is 50.9 Å². The quantitative estimate of drug-likeness (QED) is 0.818. The van der Waals surface area contributed by atoms with Crippen LogP contribution in [0.5, 0.6) is 0 Å². The standard InChI is InChI=1S/C17H23N3/c18-15-8-9-16(14-7-4-11-20-17(14)15)19-12-10-13-5-2-1-3-6-13/h4,7-9,11,13,19H,1-3,5-6,10,12,18H2. The first kappa shape index (κ1) is 13.2. The SMILES string of the molecule is Nc1ccc(NCCC2CCCCC2)c2cccnc12. The van der Waals surface area contributed by atoms with Crippen LogP contribution in [0.4, 0.5) is 11.4 Å². The van der Waals surface area contributed by atoms with E-state index in [1.54, 1.807) is 6.20 Å². The first-order valence-corrected chi connectivity index (χ1v) is 7.71. The van der Waals surface area contributed by atoms with Gasteiger partial charge >= 0.3 is 0 Å². The van der Waals surface area contributed by atoms with Crippen LogP contribution >= 0.6 is 0 Å². The zero-order chi connectivity index (χ0) is 13.8. The van der Waals surface area contributed by atoms with E-state index in [1.165, 1.54) is 38.5 Å². The van der Waals surface area contributed by atoms with Crippen LogP contribution in [-0.2, 0) is 0 Å². The molecule has 0 aliphatic heterocycles. The molecule has 0 radical (unpaired) electrons. The van der Waals surface area contributed by atoms with E-state index in [1.807, 2.05) is 12.1 Å². The minimum atomic E-state index is 0.749. The number of pyridine rings is 1. The lowest BCUT2D eigenvalue weighted by Crippen LogP contribution is -2.12. The highest BCUT2D eigenvalue weighted by atomic mass is 14.9. The highest BCUT2D eigenvalue weighted by Gasteiger charge is 2.13. The molecule has 1 aromatic heterocycles. The van der Waals surface area contributed by atoms with Crippen molar-refractivity contribution < 1.29 is 0 Å². The number of nitrogen functional groups attached to an aromatic ring is 1. The van der Waals surface area contributed by atoms with Crippen molar-refractivity contribution in [2.24, 2.45) is 5.92 Å². The Morgan fingerprint density at radius 3 is 2.85 bits per heavy atom. The van der Waals surface area contributed by atoms with Crippen molar-refractivity contribution in [3.63, 3.8) is 0 Å². The number of aromatic nitrogens is 1. The molecule has 106 valence electrons. The fourth-order valence-electron chi connectivity index (χ4n) is 3.24. The molecule has 0 bridgehead atoms. The number of hydrogen-bond donors (Lipinski definition) is 2. The monoisotopic (exact) mass is 269 g/mol. The molecule has 0 unspecified atom stereocenters. The summed E-state index contributed by atoms with van der Waals surface area (Å²) in [6.07, 6.45) is 10.1. The van der Waals surface area contributed by atoms with Crippen LogP contribution in [0, 0.1) is 5.92 Å². The number of nitrogens with one attached hydrogen (secondary N) is 1. The Labute approximate surface area is 120 Å². The molecule has 2 aromatic rings. The number of rotatable bonds is 4. The van der Waals surface area contributed by atoms with Gasteiger partial charge in [-0.15, -0.1) is 0 Å². The van der Waals surface area contributed by atoms with Crippen LogP contribution in [0.1, 0.15) is 38.5 Å². The molecule has 3 nitrogen and oxygen atoms in total. The van der Waals surface area contributed by atoms with Gasteiger partial charge in [-0.2, -0.15) is 0 Å². The molecule has 0 atom stereocenters. The third-order valence-electron chi connectivity index (χ3n) is 4.39. The van der Waals surface area contributed by atoms with Crippen molar-refractivity contribution in [1.82, 2.24) is 4.98 Å². The van der Waals surface area contributed by atoms with Crippen LogP contribution < -0.4 is 11.1 Å². The first-order valence-electron chi connectivity index (χ1n) is 7.71. The Morgan fingerprint density at radius 2 is 2.00 bits per heavy atom. The molecule has 1 saturated carbocycles. The zero-order valence-electron chi connectivity index (χ0n) is 11.9. The summed E-state index contributed by atoms with van der Waals surface area (Å²) in [6.45, 7) is 1.04. The number of anilines is 2. The second kappa shape index (κ2) is 6.12. The normalized spacial score (nSPS) is 16.4. The van der Waals surface area contributed by atoms with Crippen molar-refractivity contribution >= 4 is 22.3 Å². The van der Waals surface area contributed by atoms with Gasteiger partial charge in [-0.3, -0.25) is 4.98 Å². The van der Waals surface area contributed by atoms with Crippen LogP contribution in [0.2, 0.25) is 0 Å². The lowest BCUT2D eigenvalue weighted by Gasteiger charge is -2.22. The number of benzene rings is 1. The second-order valence-corrected chi connectivity index (χ2v) is 5.82. The first-order chi connectivity index (χ1) is 9.84. The molecule has 1 aliphatic rings. The molecule has 1 fully saturated rings. The van der Waals surface area contributed by atoms with E-state index < -0.39 is 0 Å². The summed E-state index contributed by atoms with van der Waals surface area (Å²) in [5.41, 5.74) is 8.78. The molecule has 3 rings (SSSR count). The fourth-order valence-corrected chi connectivity index (χ4v) is 3.24. The van der Waals surface area contributed by atoms with Crippen molar-refractivity contribution in [3.8, 4) is 0 Å². The van der Waals surface area contributed by atoms with Crippen LogP contribution in [-0.4, -0.2) is 11.5 Å². The molecule has 1 heterocycles. The summed E-state index contributed by atoms with van der Waals surface area (Å²) < 4.78 is 0. The Kier molecular flexibility index (Phi) is 4.05. The molecule has 20 heavy (non-hydrogen) atoms. The molecular formula is C17H23N3. The Balaban J connectivity index is 1.67. The largest absolute Gasteiger partial charge is 0.397 e. The molecule has 0 spiro atoms. The summed E-state index contributed by atoms with van der Waals surface area (Å²) in [4.78, 5) is 4.37. The van der Waals surface area contributed by atoms with Gasteiger partial charge in [0, 0.05) is 23.8 Å². The molecule has 1 aromatic carbocycles. The van der Waals surface area contributed by atoms with E-state index in [2.05, 4.69) is 22.4 Å². The fraction of sp³-hybridized carbons (Fsp3) is 0.471. The highest BCUT2D eigenvalue weighted by Crippen LogP contribution is 2.28. The average Bonchev–Trinajstić information content (AvgIpc) is 2.51. The highest BCUT2D eigenvalue weighted by molar-refractivity contribution is 5.98. The summed E-state index contributed by atoms with van der Waals surface area (Å²) in [6, 6.07) is 8.06. The summed E-state index contributed by atoms with van der Waals surface area (Å²) in [7, 11) is 0. The third-order valence-corrected chi connectivity index (χ3v) is 4.39. The van der Waals surface area contributed by atoms with Crippen LogP contribution in [0.25, 0.3) is 10.9 Å². The number of fused-ring (bicyclic) bond motifs is 1. The second-order valence-electron chi connectivity index (χ2n) is 5.82. The smallest absolute Gasteiger partial charge is 0.0951 e. The predicted molar refractivity (Wildman–Crippen MR) is 85.8 cm³/mol. The summed E-state index contributed by atoms with van der Waals surface area (Å²) in [5, 5.41) is 4.69. The molecule has 3 N–H and O–H groups in total.